The topological polar surface area (TPSA) is 80.5 Å². The van der Waals surface area contributed by atoms with Gasteiger partial charge in [0.2, 0.25) is 11.8 Å². The van der Waals surface area contributed by atoms with Crippen LogP contribution in [0, 0.1) is 0 Å². The Labute approximate surface area is 170 Å². The number of methoxy groups -OCH3 is 1. The van der Waals surface area contributed by atoms with Crippen LogP contribution >= 0.6 is 11.6 Å². The predicted molar refractivity (Wildman–Crippen MR) is 108 cm³/mol. The lowest BCUT2D eigenvalue weighted by molar-refractivity contribution is -0.121. The van der Waals surface area contributed by atoms with Gasteiger partial charge < -0.3 is 19.5 Å². The summed E-state index contributed by atoms with van der Waals surface area (Å²) in [6, 6.07) is 5.65. The highest BCUT2D eigenvalue weighted by molar-refractivity contribution is 6.30. The van der Waals surface area contributed by atoms with Crippen molar-refractivity contribution in [3.8, 4) is 5.75 Å². The lowest BCUT2D eigenvalue weighted by Gasteiger charge is -2.21. The van der Waals surface area contributed by atoms with Crippen LogP contribution in [0.3, 0.4) is 0 Å². The number of aryl methyl sites for hydroxylation is 1. The van der Waals surface area contributed by atoms with Gasteiger partial charge in [-0.15, -0.1) is 0 Å². The van der Waals surface area contributed by atoms with E-state index in [-0.39, 0.29) is 17.4 Å². The fourth-order valence-corrected chi connectivity index (χ4v) is 3.35. The number of ether oxygens (including phenoxy) is 1. The maximum Gasteiger partial charge on any atom is 0.227 e. The van der Waals surface area contributed by atoms with E-state index in [0.717, 1.165) is 30.9 Å². The van der Waals surface area contributed by atoms with Gasteiger partial charge in [-0.3, -0.25) is 4.79 Å². The summed E-state index contributed by atoms with van der Waals surface area (Å²) in [6.07, 6.45) is 1.63. The molecular weight excluding hydrogens is 380 g/mol. The molecule has 0 bridgehead atoms. The molecule has 3 rings (SSSR count). The van der Waals surface area contributed by atoms with Crippen LogP contribution < -0.4 is 15.0 Å². The number of halogens is 1. The molecular formula is C20H27ClN4O3. The molecule has 1 unspecified atom stereocenters. The van der Waals surface area contributed by atoms with Gasteiger partial charge in [-0.05, 0) is 24.6 Å². The quantitative estimate of drug-likeness (QED) is 0.792. The van der Waals surface area contributed by atoms with Crippen molar-refractivity contribution >= 4 is 23.2 Å². The third kappa shape index (κ3) is 4.95. The standard InChI is InChI=1S/C20H27ClN4O3/c1-20(2,3)19-23-18(28-24-19)8-7-17(26)22-14-9-10-25(12-14)15-11-13(21)5-6-16(15)27-4/h5-6,11,14H,7-10,12H2,1-4H3,(H,22,26). The van der Waals surface area contributed by atoms with Crippen molar-refractivity contribution in [2.75, 3.05) is 25.1 Å². The average molecular weight is 407 g/mol. The minimum absolute atomic E-state index is 0.0135. The van der Waals surface area contributed by atoms with E-state index >= 15 is 0 Å². The summed E-state index contributed by atoms with van der Waals surface area (Å²) in [6.45, 7) is 7.62. The molecule has 28 heavy (non-hydrogen) atoms. The molecule has 0 aliphatic carbocycles. The van der Waals surface area contributed by atoms with E-state index in [9.17, 15) is 4.79 Å². The molecule has 1 saturated heterocycles. The molecule has 0 radical (unpaired) electrons. The van der Waals surface area contributed by atoms with Crippen LogP contribution in [0.2, 0.25) is 5.02 Å². The van der Waals surface area contributed by atoms with Crippen molar-refractivity contribution < 1.29 is 14.1 Å². The molecule has 7 nitrogen and oxygen atoms in total. The van der Waals surface area contributed by atoms with Crippen molar-refractivity contribution in [1.82, 2.24) is 15.5 Å². The van der Waals surface area contributed by atoms with Crippen LogP contribution in [-0.2, 0) is 16.6 Å². The minimum atomic E-state index is -0.168. The highest BCUT2D eigenvalue weighted by atomic mass is 35.5. The fraction of sp³-hybridized carbons (Fsp3) is 0.550. The maximum absolute atomic E-state index is 12.3. The summed E-state index contributed by atoms with van der Waals surface area (Å²) in [4.78, 5) is 18.9. The zero-order valence-electron chi connectivity index (χ0n) is 16.8. The van der Waals surface area contributed by atoms with Crippen molar-refractivity contribution in [1.29, 1.82) is 0 Å². The molecule has 1 atom stereocenters. The zero-order chi connectivity index (χ0) is 20.3. The van der Waals surface area contributed by atoms with Crippen LogP contribution in [0.5, 0.6) is 5.75 Å². The second kappa shape index (κ2) is 8.39. The SMILES string of the molecule is COc1ccc(Cl)cc1N1CCC(NC(=O)CCc2nc(C(C)(C)C)no2)C1. The smallest absolute Gasteiger partial charge is 0.227 e. The molecule has 2 heterocycles. The van der Waals surface area contributed by atoms with Gasteiger partial charge in [0.1, 0.15) is 5.75 Å². The van der Waals surface area contributed by atoms with Gasteiger partial charge >= 0.3 is 0 Å². The number of benzene rings is 1. The second-order valence-electron chi connectivity index (χ2n) is 8.08. The monoisotopic (exact) mass is 406 g/mol. The van der Waals surface area contributed by atoms with Gasteiger partial charge in [0.05, 0.1) is 12.8 Å². The van der Waals surface area contributed by atoms with Crippen molar-refractivity contribution in [3.63, 3.8) is 0 Å². The molecule has 2 aromatic rings. The van der Waals surface area contributed by atoms with Crippen LogP contribution in [0.4, 0.5) is 5.69 Å². The zero-order valence-corrected chi connectivity index (χ0v) is 17.5. The van der Waals surface area contributed by atoms with Crippen LogP contribution in [0.25, 0.3) is 0 Å². The Balaban J connectivity index is 1.51. The Bertz CT molecular complexity index is 831. The molecule has 1 aliphatic heterocycles. The minimum Gasteiger partial charge on any atom is -0.495 e. The number of hydrogen-bond acceptors (Lipinski definition) is 6. The fourth-order valence-electron chi connectivity index (χ4n) is 3.19. The molecule has 1 N–H and O–H groups in total. The molecule has 1 aromatic heterocycles. The number of carbonyl (C=O) groups excluding carboxylic acids is 1. The molecule has 0 spiro atoms. The Morgan fingerprint density at radius 2 is 2.21 bits per heavy atom. The lowest BCUT2D eigenvalue weighted by Crippen LogP contribution is -2.37. The van der Waals surface area contributed by atoms with Crippen molar-refractivity contribution in [3.05, 3.63) is 34.9 Å². The highest BCUT2D eigenvalue weighted by Crippen LogP contribution is 2.33. The van der Waals surface area contributed by atoms with Gasteiger partial charge in [0.15, 0.2) is 5.82 Å². The van der Waals surface area contributed by atoms with Crippen LogP contribution in [0.1, 0.15) is 45.3 Å². The highest BCUT2D eigenvalue weighted by Gasteiger charge is 2.26. The number of rotatable bonds is 6. The summed E-state index contributed by atoms with van der Waals surface area (Å²) in [5.41, 5.74) is 0.783. The number of hydrogen-bond donors (Lipinski definition) is 1. The van der Waals surface area contributed by atoms with Gasteiger partial charge in [-0.25, -0.2) is 0 Å². The number of anilines is 1. The Morgan fingerprint density at radius 1 is 1.43 bits per heavy atom. The van der Waals surface area contributed by atoms with E-state index in [2.05, 4.69) is 20.4 Å². The van der Waals surface area contributed by atoms with E-state index in [4.69, 9.17) is 20.9 Å². The first-order chi connectivity index (χ1) is 13.3. The average Bonchev–Trinajstić information content (AvgIpc) is 3.29. The van der Waals surface area contributed by atoms with Gasteiger partial charge in [0.25, 0.3) is 0 Å². The predicted octanol–water partition coefficient (Wildman–Crippen LogP) is 3.36. The van der Waals surface area contributed by atoms with Gasteiger partial charge in [-0.1, -0.05) is 37.5 Å². The second-order valence-corrected chi connectivity index (χ2v) is 8.51. The summed E-state index contributed by atoms with van der Waals surface area (Å²) >= 11 is 6.13. The first-order valence-electron chi connectivity index (χ1n) is 9.47. The number of nitrogens with zero attached hydrogens (tertiary/aromatic N) is 3. The third-order valence-corrected chi connectivity index (χ3v) is 4.97. The van der Waals surface area contributed by atoms with E-state index < -0.39 is 0 Å². The van der Waals surface area contributed by atoms with Crippen LogP contribution in [0.15, 0.2) is 22.7 Å². The molecule has 1 aromatic carbocycles. The normalized spacial score (nSPS) is 17.0. The molecule has 0 saturated carbocycles. The largest absolute Gasteiger partial charge is 0.495 e. The Hall–Kier alpha value is -2.28. The van der Waals surface area contributed by atoms with Crippen molar-refractivity contribution in [2.45, 2.75) is 51.5 Å². The summed E-state index contributed by atoms with van der Waals surface area (Å²) in [5, 5.41) is 7.75. The van der Waals surface area contributed by atoms with Crippen LogP contribution in [-0.4, -0.2) is 42.3 Å². The van der Waals surface area contributed by atoms with E-state index in [0.29, 0.717) is 29.6 Å². The number of nitrogens with one attached hydrogen (secondary N) is 1. The van der Waals surface area contributed by atoms with Gasteiger partial charge in [0, 0.05) is 42.4 Å². The first-order valence-corrected chi connectivity index (χ1v) is 9.85. The maximum atomic E-state index is 12.3. The number of carbonyl (C=O) groups is 1. The van der Waals surface area contributed by atoms with Crippen molar-refractivity contribution in [2.24, 2.45) is 0 Å². The van der Waals surface area contributed by atoms with E-state index in [1.165, 1.54) is 0 Å². The Kier molecular flexibility index (Phi) is 6.13. The molecule has 8 heteroatoms. The first kappa shape index (κ1) is 20.5. The molecule has 1 amide bonds. The van der Waals surface area contributed by atoms with Gasteiger partial charge in [-0.2, -0.15) is 4.98 Å². The molecule has 1 fully saturated rings. The third-order valence-electron chi connectivity index (χ3n) is 4.74. The summed E-state index contributed by atoms with van der Waals surface area (Å²) in [5.74, 6) is 1.92. The molecule has 1 aliphatic rings. The molecule has 152 valence electrons. The lowest BCUT2D eigenvalue weighted by atomic mass is 9.96. The van der Waals surface area contributed by atoms with E-state index in [1.807, 2.05) is 39.0 Å². The summed E-state index contributed by atoms with van der Waals surface area (Å²) in [7, 11) is 1.64. The number of aromatic nitrogens is 2. The van der Waals surface area contributed by atoms with E-state index in [1.54, 1.807) is 7.11 Å². The summed E-state index contributed by atoms with van der Waals surface area (Å²) < 4.78 is 10.7. The Morgan fingerprint density at radius 3 is 2.89 bits per heavy atom. The number of amides is 1.